The van der Waals surface area contributed by atoms with E-state index < -0.39 is 0 Å². The quantitative estimate of drug-likeness (QED) is 0.848. The SMILES string of the molecule is CC(C)Oc1ccccc1NCc1c(F)cccc1Cl. The molecule has 0 saturated heterocycles. The summed E-state index contributed by atoms with van der Waals surface area (Å²) in [5.74, 6) is 0.433. The third-order valence-electron chi connectivity index (χ3n) is 2.77. The number of hydrogen-bond acceptors (Lipinski definition) is 2. The average molecular weight is 294 g/mol. The van der Waals surface area contributed by atoms with Crippen molar-refractivity contribution >= 4 is 17.3 Å². The topological polar surface area (TPSA) is 21.3 Å². The molecule has 0 aliphatic carbocycles. The first-order valence-electron chi connectivity index (χ1n) is 6.50. The highest BCUT2D eigenvalue weighted by Crippen LogP contribution is 2.27. The molecule has 0 heterocycles. The van der Waals surface area contributed by atoms with Crippen LogP contribution < -0.4 is 10.1 Å². The Morgan fingerprint density at radius 3 is 2.60 bits per heavy atom. The van der Waals surface area contributed by atoms with Gasteiger partial charge in [0.1, 0.15) is 11.6 Å². The summed E-state index contributed by atoms with van der Waals surface area (Å²) in [4.78, 5) is 0. The number of rotatable bonds is 5. The lowest BCUT2D eigenvalue weighted by molar-refractivity contribution is 0.243. The van der Waals surface area contributed by atoms with E-state index in [4.69, 9.17) is 16.3 Å². The van der Waals surface area contributed by atoms with Gasteiger partial charge in [-0.1, -0.05) is 29.8 Å². The van der Waals surface area contributed by atoms with Crippen molar-refractivity contribution in [2.24, 2.45) is 0 Å². The van der Waals surface area contributed by atoms with Crippen LogP contribution in [-0.2, 0) is 6.54 Å². The van der Waals surface area contributed by atoms with Crippen molar-refractivity contribution in [2.75, 3.05) is 5.32 Å². The molecule has 1 N–H and O–H groups in total. The van der Waals surface area contributed by atoms with Crippen molar-refractivity contribution in [3.05, 3.63) is 58.9 Å². The maximum atomic E-state index is 13.7. The standard InChI is InChI=1S/C16H17ClFNO/c1-11(2)20-16-9-4-3-8-15(16)19-10-12-13(17)6-5-7-14(12)18/h3-9,11,19H,10H2,1-2H3. The van der Waals surface area contributed by atoms with Crippen molar-refractivity contribution in [3.63, 3.8) is 0 Å². The van der Waals surface area contributed by atoms with Crippen LogP contribution in [0.4, 0.5) is 10.1 Å². The molecule has 0 bridgehead atoms. The molecule has 0 fully saturated rings. The molecular weight excluding hydrogens is 277 g/mol. The zero-order valence-electron chi connectivity index (χ0n) is 11.5. The van der Waals surface area contributed by atoms with Crippen LogP contribution in [0.1, 0.15) is 19.4 Å². The molecule has 0 spiro atoms. The Kier molecular flexibility index (Phi) is 4.85. The van der Waals surface area contributed by atoms with Gasteiger partial charge in [0.25, 0.3) is 0 Å². The summed E-state index contributed by atoms with van der Waals surface area (Å²) in [7, 11) is 0. The molecule has 2 aromatic carbocycles. The van der Waals surface area contributed by atoms with Crippen LogP contribution in [0.15, 0.2) is 42.5 Å². The summed E-state index contributed by atoms with van der Waals surface area (Å²) in [5, 5.41) is 3.58. The third kappa shape index (κ3) is 3.64. The van der Waals surface area contributed by atoms with Gasteiger partial charge in [0.2, 0.25) is 0 Å². The molecule has 0 aromatic heterocycles. The first-order chi connectivity index (χ1) is 9.58. The minimum absolute atomic E-state index is 0.0787. The van der Waals surface area contributed by atoms with Crippen molar-refractivity contribution in [2.45, 2.75) is 26.5 Å². The normalized spacial score (nSPS) is 10.7. The second-order valence-corrected chi connectivity index (χ2v) is 5.12. The van der Waals surface area contributed by atoms with Crippen LogP contribution in [0.5, 0.6) is 5.75 Å². The Labute approximate surface area is 123 Å². The molecule has 4 heteroatoms. The molecule has 0 aliphatic heterocycles. The zero-order valence-corrected chi connectivity index (χ0v) is 12.2. The Morgan fingerprint density at radius 2 is 1.90 bits per heavy atom. The molecule has 0 amide bonds. The highest BCUT2D eigenvalue weighted by Gasteiger charge is 2.09. The molecule has 2 rings (SSSR count). The van der Waals surface area contributed by atoms with E-state index in [9.17, 15) is 4.39 Å². The highest BCUT2D eigenvalue weighted by atomic mass is 35.5. The molecule has 106 valence electrons. The number of ether oxygens (including phenoxy) is 1. The maximum absolute atomic E-state index is 13.7. The van der Waals surface area contributed by atoms with Crippen molar-refractivity contribution in [1.82, 2.24) is 0 Å². The van der Waals surface area contributed by atoms with Gasteiger partial charge >= 0.3 is 0 Å². The first kappa shape index (κ1) is 14.7. The monoisotopic (exact) mass is 293 g/mol. The molecule has 20 heavy (non-hydrogen) atoms. The van der Waals surface area contributed by atoms with Gasteiger partial charge in [0, 0.05) is 17.1 Å². The zero-order chi connectivity index (χ0) is 14.5. The lowest BCUT2D eigenvalue weighted by Crippen LogP contribution is -2.09. The maximum Gasteiger partial charge on any atom is 0.142 e. The largest absolute Gasteiger partial charge is 0.489 e. The van der Waals surface area contributed by atoms with Crippen molar-refractivity contribution < 1.29 is 9.13 Å². The van der Waals surface area contributed by atoms with Crippen LogP contribution in [0, 0.1) is 5.82 Å². The molecule has 2 aromatic rings. The summed E-state index contributed by atoms with van der Waals surface area (Å²) in [6.07, 6.45) is 0.0787. The van der Waals surface area contributed by atoms with Gasteiger partial charge in [0.15, 0.2) is 0 Å². The number of para-hydroxylation sites is 2. The minimum Gasteiger partial charge on any atom is -0.489 e. The number of benzene rings is 2. The van der Waals surface area contributed by atoms with Gasteiger partial charge in [-0.25, -0.2) is 4.39 Å². The minimum atomic E-state index is -0.313. The molecule has 0 aliphatic rings. The first-order valence-corrected chi connectivity index (χ1v) is 6.88. The fourth-order valence-electron chi connectivity index (χ4n) is 1.85. The van der Waals surface area contributed by atoms with E-state index in [1.807, 2.05) is 38.1 Å². The smallest absolute Gasteiger partial charge is 0.142 e. The molecule has 0 unspecified atom stereocenters. The summed E-state index contributed by atoms with van der Waals surface area (Å²) >= 11 is 6.01. The van der Waals surface area contributed by atoms with E-state index in [0.717, 1.165) is 11.4 Å². The van der Waals surface area contributed by atoms with Gasteiger partial charge in [-0.2, -0.15) is 0 Å². The number of hydrogen-bond donors (Lipinski definition) is 1. The van der Waals surface area contributed by atoms with Gasteiger partial charge in [0.05, 0.1) is 11.8 Å². The molecule has 0 saturated carbocycles. The van der Waals surface area contributed by atoms with Crippen LogP contribution in [-0.4, -0.2) is 6.10 Å². The van der Waals surface area contributed by atoms with E-state index in [-0.39, 0.29) is 11.9 Å². The van der Waals surface area contributed by atoms with Gasteiger partial charge in [-0.05, 0) is 38.1 Å². The Bertz CT molecular complexity index is 566. The van der Waals surface area contributed by atoms with Gasteiger partial charge < -0.3 is 10.1 Å². The number of nitrogens with one attached hydrogen (secondary N) is 1. The van der Waals surface area contributed by atoms with Crippen molar-refractivity contribution in [3.8, 4) is 5.75 Å². The van der Waals surface area contributed by atoms with E-state index >= 15 is 0 Å². The van der Waals surface area contributed by atoms with Crippen molar-refractivity contribution in [1.29, 1.82) is 0 Å². The number of anilines is 1. The van der Waals surface area contributed by atoms with E-state index in [2.05, 4.69) is 5.32 Å². The second kappa shape index (κ2) is 6.62. The lowest BCUT2D eigenvalue weighted by atomic mass is 10.2. The van der Waals surface area contributed by atoms with Gasteiger partial charge in [-0.15, -0.1) is 0 Å². The Hall–Kier alpha value is -1.74. The van der Waals surface area contributed by atoms with E-state index in [0.29, 0.717) is 17.1 Å². The summed E-state index contributed by atoms with van der Waals surface area (Å²) in [6.45, 7) is 4.24. The molecule has 0 atom stereocenters. The second-order valence-electron chi connectivity index (χ2n) is 4.72. The van der Waals surface area contributed by atoms with E-state index in [1.54, 1.807) is 12.1 Å². The fraction of sp³-hybridized carbons (Fsp3) is 0.250. The summed E-state index contributed by atoms with van der Waals surface area (Å²) < 4.78 is 19.4. The Balaban J connectivity index is 2.15. The fourth-order valence-corrected chi connectivity index (χ4v) is 2.08. The molecule has 0 radical (unpaired) electrons. The summed E-state index contributed by atoms with van der Waals surface area (Å²) in [5.41, 5.74) is 1.27. The molecular formula is C16H17ClFNO. The highest BCUT2D eigenvalue weighted by molar-refractivity contribution is 6.31. The van der Waals surface area contributed by atoms with E-state index in [1.165, 1.54) is 6.07 Å². The third-order valence-corrected chi connectivity index (χ3v) is 3.12. The van der Waals surface area contributed by atoms with Crippen LogP contribution in [0.25, 0.3) is 0 Å². The predicted molar refractivity (Wildman–Crippen MR) is 80.9 cm³/mol. The summed E-state index contributed by atoms with van der Waals surface area (Å²) in [6, 6.07) is 12.3. The van der Waals surface area contributed by atoms with Crippen LogP contribution in [0.3, 0.4) is 0 Å². The van der Waals surface area contributed by atoms with Gasteiger partial charge in [-0.3, -0.25) is 0 Å². The van der Waals surface area contributed by atoms with Crippen LogP contribution in [0.2, 0.25) is 5.02 Å². The van der Waals surface area contributed by atoms with Crippen LogP contribution >= 0.6 is 11.6 Å². The lowest BCUT2D eigenvalue weighted by Gasteiger charge is -2.16. The number of halogens is 2. The average Bonchev–Trinajstić information content (AvgIpc) is 2.39. The predicted octanol–water partition coefficient (Wildman–Crippen LogP) is 4.88. The Morgan fingerprint density at radius 1 is 1.15 bits per heavy atom. The molecule has 2 nitrogen and oxygen atoms in total.